The molecule has 0 atom stereocenters. The van der Waals surface area contributed by atoms with Crippen LogP contribution in [0.2, 0.25) is 0 Å². The first-order valence-electron chi connectivity index (χ1n) is 9.17. The second-order valence-corrected chi connectivity index (χ2v) is 9.86. The third-order valence-corrected chi connectivity index (χ3v) is 7.70. The van der Waals surface area contributed by atoms with Gasteiger partial charge >= 0.3 is 5.97 Å². The van der Waals surface area contributed by atoms with Crippen molar-refractivity contribution in [2.45, 2.75) is 32.6 Å². The molecule has 1 N–H and O–H groups in total. The molecule has 0 fully saturated rings. The highest BCUT2D eigenvalue weighted by Gasteiger charge is 2.29. The molecule has 0 aliphatic carbocycles. The molecule has 0 bridgehead atoms. The molecule has 1 heterocycles. The first kappa shape index (κ1) is 21.9. The SMILES string of the molecule is CCN(c1nc(-c2ccc(F)cc2)sc1C)S(=O)(=O)c1cc(C)c(C)c(C(=O)O)c1. The third kappa shape index (κ3) is 3.95. The van der Waals surface area contributed by atoms with Crippen molar-refractivity contribution in [1.29, 1.82) is 0 Å². The molecule has 0 aliphatic rings. The maximum atomic E-state index is 13.4. The summed E-state index contributed by atoms with van der Waals surface area (Å²) in [5.74, 6) is -1.27. The van der Waals surface area contributed by atoms with Gasteiger partial charge in [-0.1, -0.05) is 0 Å². The van der Waals surface area contributed by atoms with E-state index in [1.54, 1.807) is 39.8 Å². The number of carbonyl (C=O) groups is 1. The summed E-state index contributed by atoms with van der Waals surface area (Å²) in [4.78, 5) is 16.6. The third-order valence-electron chi connectivity index (χ3n) is 4.85. The van der Waals surface area contributed by atoms with Gasteiger partial charge in [-0.15, -0.1) is 11.3 Å². The van der Waals surface area contributed by atoms with Crippen molar-refractivity contribution in [3.05, 3.63) is 63.8 Å². The lowest BCUT2D eigenvalue weighted by atomic mass is 10.0. The van der Waals surface area contributed by atoms with E-state index in [0.717, 1.165) is 0 Å². The monoisotopic (exact) mass is 448 g/mol. The lowest BCUT2D eigenvalue weighted by Gasteiger charge is -2.22. The Balaban J connectivity index is 2.10. The van der Waals surface area contributed by atoms with Crippen LogP contribution in [0.3, 0.4) is 0 Å². The number of aromatic nitrogens is 1. The Bertz CT molecular complexity index is 1220. The molecule has 30 heavy (non-hydrogen) atoms. The van der Waals surface area contributed by atoms with Gasteiger partial charge in [0.15, 0.2) is 5.82 Å². The molecular formula is C21H21FN2O4S2. The number of anilines is 1. The Kier molecular flexibility index (Phi) is 5.96. The molecule has 2 aromatic carbocycles. The molecule has 0 aliphatic heterocycles. The first-order chi connectivity index (χ1) is 14.1. The van der Waals surface area contributed by atoms with Crippen LogP contribution in [0.5, 0.6) is 0 Å². The van der Waals surface area contributed by atoms with Gasteiger partial charge in [0.05, 0.1) is 10.5 Å². The molecule has 9 heteroatoms. The minimum absolute atomic E-state index is 0.0494. The number of hydrogen-bond donors (Lipinski definition) is 1. The molecule has 3 aromatic rings. The number of benzene rings is 2. The maximum absolute atomic E-state index is 13.4. The van der Waals surface area contributed by atoms with Gasteiger partial charge in [-0.3, -0.25) is 0 Å². The largest absolute Gasteiger partial charge is 0.478 e. The molecule has 6 nitrogen and oxygen atoms in total. The van der Waals surface area contributed by atoms with Crippen molar-refractivity contribution < 1.29 is 22.7 Å². The first-order valence-corrected chi connectivity index (χ1v) is 11.4. The zero-order valence-electron chi connectivity index (χ0n) is 16.9. The summed E-state index contributed by atoms with van der Waals surface area (Å²) in [6.07, 6.45) is 0. The topological polar surface area (TPSA) is 87.6 Å². The van der Waals surface area contributed by atoms with Crippen LogP contribution in [-0.2, 0) is 10.0 Å². The van der Waals surface area contributed by atoms with E-state index in [-0.39, 0.29) is 28.6 Å². The van der Waals surface area contributed by atoms with Crippen molar-refractivity contribution >= 4 is 33.1 Å². The summed E-state index contributed by atoms with van der Waals surface area (Å²) in [5, 5.41) is 10.0. The number of carboxylic acid groups (broad SMARTS) is 1. The van der Waals surface area contributed by atoms with Crippen LogP contribution >= 0.6 is 11.3 Å². The Morgan fingerprint density at radius 3 is 2.37 bits per heavy atom. The zero-order chi connectivity index (χ0) is 22.2. The van der Waals surface area contributed by atoms with Gasteiger partial charge in [0.25, 0.3) is 10.0 Å². The average Bonchev–Trinajstić information content (AvgIpc) is 3.05. The number of sulfonamides is 1. The number of thiazole rings is 1. The van der Waals surface area contributed by atoms with E-state index < -0.39 is 16.0 Å². The van der Waals surface area contributed by atoms with Gasteiger partial charge in [0.2, 0.25) is 0 Å². The van der Waals surface area contributed by atoms with Crippen LogP contribution in [0.1, 0.15) is 33.3 Å². The highest BCUT2D eigenvalue weighted by molar-refractivity contribution is 7.92. The van der Waals surface area contributed by atoms with Gasteiger partial charge in [0, 0.05) is 17.0 Å². The van der Waals surface area contributed by atoms with E-state index in [4.69, 9.17) is 0 Å². The Labute approximate surface area is 178 Å². The molecule has 0 amide bonds. The smallest absolute Gasteiger partial charge is 0.336 e. The predicted octanol–water partition coefficient (Wildman–Crippen LogP) is 4.79. The highest BCUT2D eigenvalue weighted by atomic mass is 32.2. The van der Waals surface area contributed by atoms with Crippen LogP contribution in [0, 0.1) is 26.6 Å². The molecule has 1 aromatic heterocycles. The lowest BCUT2D eigenvalue weighted by Crippen LogP contribution is -2.32. The molecule has 0 spiro atoms. The maximum Gasteiger partial charge on any atom is 0.336 e. The van der Waals surface area contributed by atoms with Gasteiger partial charge in [-0.2, -0.15) is 0 Å². The fourth-order valence-corrected chi connectivity index (χ4v) is 5.67. The summed E-state index contributed by atoms with van der Waals surface area (Å²) in [6, 6.07) is 8.48. The van der Waals surface area contributed by atoms with E-state index in [2.05, 4.69) is 4.98 Å². The average molecular weight is 449 g/mol. The fraction of sp³-hybridized carbons (Fsp3) is 0.238. The number of aromatic carboxylic acids is 1. The standard InChI is InChI=1S/C21H21FN2O4S2/c1-5-24(19-14(4)29-20(23-19)15-6-8-16(22)9-7-15)30(27,28)17-10-12(2)13(3)18(11-17)21(25)26/h6-11H,5H2,1-4H3,(H,25,26). The van der Waals surface area contributed by atoms with Crippen molar-refractivity contribution in [2.75, 3.05) is 10.8 Å². The van der Waals surface area contributed by atoms with Gasteiger partial charge in [-0.25, -0.2) is 26.9 Å². The Morgan fingerprint density at radius 2 is 1.80 bits per heavy atom. The number of rotatable bonds is 6. The number of carboxylic acids is 1. The van der Waals surface area contributed by atoms with Crippen LogP contribution in [0.4, 0.5) is 10.2 Å². The molecule has 3 rings (SSSR count). The Hall–Kier alpha value is -2.78. The Morgan fingerprint density at radius 1 is 1.17 bits per heavy atom. The molecule has 0 saturated carbocycles. The van der Waals surface area contributed by atoms with Crippen LogP contribution in [0.25, 0.3) is 10.6 Å². The molecule has 0 saturated heterocycles. The lowest BCUT2D eigenvalue weighted by molar-refractivity contribution is 0.0695. The van der Waals surface area contributed by atoms with E-state index in [1.807, 2.05) is 0 Å². The molecule has 158 valence electrons. The van der Waals surface area contributed by atoms with Crippen molar-refractivity contribution in [1.82, 2.24) is 4.98 Å². The second-order valence-electron chi connectivity index (χ2n) is 6.79. The zero-order valence-corrected chi connectivity index (χ0v) is 18.6. The summed E-state index contributed by atoms with van der Waals surface area (Å²) < 4.78 is 41.2. The van der Waals surface area contributed by atoms with Crippen molar-refractivity contribution in [2.24, 2.45) is 0 Å². The van der Waals surface area contributed by atoms with Gasteiger partial charge in [-0.05, 0) is 75.2 Å². The molecular weight excluding hydrogens is 427 g/mol. The molecule has 0 unspecified atom stereocenters. The summed E-state index contributed by atoms with van der Waals surface area (Å²) in [6.45, 7) is 6.89. The summed E-state index contributed by atoms with van der Waals surface area (Å²) in [5.41, 5.74) is 1.73. The van der Waals surface area contributed by atoms with Crippen molar-refractivity contribution in [3.63, 3.8) is 0 Å². The normalized spacial score (nSPS) is 11.5. The number of hydrogen-bond acceptors (Lipinski definition) is 5. The van der Waals surface area contributed by atoms with Crippen molar-refractivity contribution in [3.8, 4) is 10.6 Å². The number of nitrogens with zero attached hydrogens (tertiary/aromatic N) is 2. The number of halogens is 1. The number of aryl methyl sites for hydroxylation is 2. The van der Waals surface area contributed by atoms with Crippen LogP contribution in [-0.4, -0.2) is 31.0 Å². The van der Waals surface area contributed by atoms with E-state index in [9.17, 15) is 22.7 Å². The fourth-order valence-electron chi connectivity index (χ4n) is 3.09. The predicted molar refractivity (Wildman–Crippen MR) is 115 cm³/mol. The van der Waals surface area contributed by atoms with Crippen LogP contribution in [0.15, 0.2) is 41.3 Å². The van der Waals surface area contributed by atoms with Gasteiger partial charge in [0.1, 0.15) is 10.8 Å². The quantitative estimate of drug-likeness (QED) is 0.586. The summed E-state index contributed by atoms with van der Waals surface area (Å²) in [7, 11) is -4.04. The van der Waals surface area contributed by atoms with Gasteiger partial charge < -0.3 is 5.11 Å². The van der Waals surface area contributed by atoms with E-state index in [0.29, 0.717) is 26.6 Å². The minimum Gasteiger partial charge on any atom is -0.478 e. The molecule has 0 radical (unpaired) electrons. The highest BCUT2D eigenvalue weighted by Crippen LogP contribution is 2.35. The van der Waals surface area contributed by atoms with Crippen LogP contribution < -0.4 is 4.31 Å². The minimum atomic E-state index is -4.04. The van der Waals surface area contributed by atoms with E-state index >= 15 is 0 Å². The summed E-state index contributed by atoms with van der Waals surface area (Å²) >= 11 is 1.31. The second kappa shape index (κ2) is 8.16. The van der Waals surface area contributed by atoms with E-state index in [1.165, 1.54) is 39.9 Å².